The van der Waals surface area contributed by atoms with E-state index < -0.39 is 6.10 Å². The molecule has 0 radical (unpaired) electrons. The van der Waals surface area contributed by atoms with Crippen molar-refractivity contribution in [2.45, 2.75) is 57.0 Å². The zero-order valence-corrected chi connectivity index (χ0v) is 13.3. The molecule has 1 unspecified atom stereocenters. The van der Waals surface area contributed by atoms with E-state index in [1.54, 1.807) is 0 Å². The average Bonchev–Trinajstić information content (AvgIpc) is 3.11. The number of aromatic nitrogens is 2. The van der Waals surface area contributed by atoms with Crippen molar-refractivity contribution >= 4 is 0 Å². The largest absolute Gasteiger partial charge is 0.399 e. The summed E-state index contributed by atoms with van der Waals surface area (Å²) in [5.74, 6) is 0.394. The second-order valence-electron chi connectivity index (χ2n) is 7.57. The molecule has 0 aromatic carbocycles. The van der Waals surface area contributed by atoms with Crippen molar-refractivity contribution in [2.75, 3.05) is 0 Å². The van der Waals surface area contributed by atoms with Crippen LogP contribution in [0.2, 0.25) is 0 Å². The SMILES string of the molecule is [C-]#[N+]C1=C[C@]2(C)c3nn(C)cc3CC[C@H]2C2(CCCC2)C1O. The lowest BCUT2D eigenvalue weighted by molar-refractivity contribution is -0.0338. The standard InChI is InChI=1S/C18H23N3O/c1-17-10-13(19-2)16(22)18(8-4-5-9-18)14(17)7-6-12-11-21(3)20-15(12)17/h10-11,14,16,22H,4-9H2,1,3H3/t14-,16?,17+/m1/s1. The predicted molar refractivity (Wildman–Crippen MR) is 84.0 cm³/mol. The third-order valence-corrected chi connectivity index (χ3v) is 6.47. The van der Waals surface area contributed by atoms with Crippen LogP contribution in [0.15, 0.2) is 18.0 Å². The number of aliphatic hydroxyl groups excluding tert-OH is 1. The Bertz CT molecular complexity index is 690. The molecule has 1 saturated carbocycles. The van der Waals surface area contributed by atoms with Crippen LogP contribution in [0.1, 0.15) is 50.3 Å². The minimum absolute atomic E-state index is 0.113. The first-order valence-electron chi connectivity index (χ1n) is 8.32. The number of rotatable bonds is 0. The second kappa shape index (κ2) is 4.45. The van der Waals surface area contributed by atoms with Crippen LogP contribution < -0.4 is 0 Å². The molecule has 1 spiro atoms. The van der Waals surface area contributed by atoms with E-state index in [1.165, 1.54) is 18.4 Å². The number of nitrogens with zero attached hydrogens (tertiary/aromatic N) is 3. The summed E-state index contributed by atoms with van der Waals surface area (Å²) < 4.78 is 1.90. The van der Waals surface area contributed by atoms with E-state index >= 15 is 0 Å². The molecular weight excluding hydrogens is 274 g/mol. The predicted octanol–water partition coefficient (Wildman–Crippen LogP) is 2.98. The van der Waals surface area contributed by atoms with E-state index in [1.807, 2.05) is 17.8 Å². The molecule has 0 aliphatic heterocycles. The Morgan fingerprint density at radius 1 is 1.41 bits per heavy atom. The quantitative estimate of drug-likeness (QED) is 0.748. The molecule has 4 heteroatoms. The first kappa shape index (κ1) is 14.0. The molecule has 22 heavy (non-hydrogen) atoms. The normalized spacial score (nSPS) is 35.6. The zero-order valence-electron chi connectivity index (χ0n) is 13.3. The van der Waals surface area contributed by atoms with Crippen molar-refractivity contribution in [2.24, 2.45) is 18.4 Å². The molecule has 4 rings (SSSR count). The van der Waals surface area contributed by atoms with Crippen LogP contribution in [0.5, 0.6) is 0 Å². The molecule has 1 N–H and O–H groups in total. The minimum Gasteiger partial charge on any atom is -0.399 e. The summed E-state index contributed by atoms with van der Waals surface area (Å²) in [5, 5.41) is 15.7. The molecule has 116 valence electrons. The van der Waals surface area contributed by atoms with Crippen LogP contribution in [0.3, 0.4) is 0 Å². The Labute approximate surface area is 131 Å². The van der Waals surface area contributed by atoms with Crippen LogP contribution in [0.25, 0.3) is 4.85 Å². The van der Waals surface area contributed by atoms with Crippen LogP contribution in [0, 0.1) is 17.9 Å². The molecular formula is C18H23N3O. The number of hydrogen-bond donors (Lipinski definition) is 1. The smallest absolute Gasteiger partial charge is 0.191 e. The number of allylic oxidation sites excluding steroid dienone is 1. The van der Waals surface area contributed by atoms with Gasteiger partial charge in [-0.1, -0.05) is 25.8 Å². The topological polar surface area (TPSA) is 42.4 Å². The number of aryl methyl sites for hydroxylation is 2. The van der Waals surface area contributed by atoms with E-state index in [-0.39, 0.29) is 10.8 Å². The Kier molecular flexibility index (Phi) is 2.84. The van der Waals surface area contributed by atoms with Crippen LogP contribution in [-0.4, -0.2) is 21.0 Å². The van der Waals surface area contributed by atoms with Gasteiger partial charge < -0.3 is 5.11 Å². The van der Waals surface area contributed by atoms with Crippen LogP contribution in [-0.2, 0) is 18.9 Å². The van der Waals surface area contributed by atoms with Crippen molar-refractivity contribution in [3.05, 3.63) is 40.6 Å². The van der Waals surface area contributed by atoms with Gasteiger partial charge >= 0.3 is 0 Å². The maximum Gasteiger partial charge on any atom is 0.191 e. The van der Waals surface area contributed by atoms with E-state index in [0.717, 1.165) is 31.4 Å². The van der Waals surface area contributed by atoms with Gasteiger partial charge in [-0.2, -0.15) is 5.10 Å². The van der Waals surface area contributed by atoms with Gasteiger partial charge in [0.15, 0.2) is 5.70 Å². The summed E-state index contributed by atoms with van der Waals surface area (Å²) in [6.45, 7) is 9.76. The van der Waals surface area contributed by atoms with Crippen molar-refractivity contribution in [1.29, 1.82) is 0 Å². The summed E-state index contributed by atoms with van der Waals surface area (Å²) in [6, 6.07) is 0. The van der Waals surface area contributed by atoms with Crippen molar-refractivity contribution in [3.8, 4) is 0 Å². The van der Waals surface area contributed by atoms with Gasteiger partial charge in [-0.15, -0.1) is 0 Å². The first-order valence-corrected chi connectivity index (χ1v) is 8.32. The summed E-state index contributed by atoms with van der Waals surface area (Å²) >= 11 is 0. The van der Waals surface area contributed by atoms with Gasteiger partial charge in [0.1, 0.15) is 0 Å². The molecule has 1 aromatic heterocycles. The fraction of sp³-hybridized carbons (Fsp3) is 0.667. The fourth-order valence-electron chi connectivity index (χ4n) is 5.61. The highest BCUT2D eigenvalue weighted by Crippen LogP contribution is 2.61. The Morgan fingerprint density at radius 3 is 2.82 bits per heavy atom. The van der Waals surface area contributed by atoms with Crippen molar-refractivity contribution < 1.29 is 5.11 Å². The summed E-state index contributed by atoms with van der Waals surface area (Å²) in [4.78, 5) is 3.69. The molecule has 4 nitrogen and oxygen atoms in total. The lowest BCUT2D eigenvalue weighted by Gasteiger charge is -2.54. The lowest BCUT2D eigenvalue weighted by atomic mass is 9.51. The van der Waals surface area contributed by atoms with E-state index in [4.69, 9.17) is 11.7 Å². The highest BCUT2D eigenvalue weighted by Gasteiger charge is 2.59. The number of fused-ring (bicyclic) bond motifs is 4. The molecule has 1 fully saturated rings. The maximum atomic E-state index is 10.9. The van der Waals surface area contributed by atoms with E-state index in [0.29, 0.717) is 11.6 Å². The van der Waals surface area contributed by atoms with Gasteiger partial charge in [-0.05, 0) is 42.6 Å². The van der Waals surface area contributed by atoms with Gasteiger partial charge in [0.05, 0.1) is 18.4 Å². The summed E-state index contributed by atoms with van der Waals surface area (Å²) in [7, 11) is 1.97. The second-order valence-corrected chi connectivity index (χ2v) is 7.57. The molecule has 3 atom stereocenters. The third-order valence-electron chi connectivity index (χ3n) is 6.47. The van der Waals surface area contributed by atoms with Crippen molar-refractivity contribution in [1.82, 2.24) is 9.78 Å². The van der Waals surface area contributed by atoms with Crippen LogP contribution in [0.4, 0.5) is 0 Å². The van der Waals surface area contributed by atoms with E-state index in [9.17, 15) is 5.11 Å². The summed E-state index contributed by atoms with van der Waals surface area (Å²) in [5.41, 5.74) is 2.66. The van der Waals surface area contributed by atoms with Gasteiger partial charge in [0.25, 0.3) is 0 Å². The Balaban J connectivity index is 1.95. The highest BCUT2D eigenvalue weighted by atomic mass is 16.3. The zero-order chi connectivity index (χ0) is 15.5. The minimum atomic E-state index is -0.587. The molecule has 1 heterocycles. The first-order chi connectivity index (χ1) is 10.5. The Hall–Kier alpha value is -1.60. The fourth-order valence-corrected chi connectivity index (χ4v) is 5.61. The third kappa shape index (κ3) is 1.58. The summed E-state index contributed by atoms with van der Waals surface area (Å²) in [6.07, 6.45) is 10.1. The number of aliphatic hydroxyl groups is 1. The van der Waals surface area contributed by atoms with Gasteiger partial charge in [-0.3, -0.25) is 4.68 Å². The van der Waals surface area contributed by atoms with Crippen molar-refractivity contribution in [3.63, 3.8) is 0 Å². The number of hydrogen-bond acceptors (Lipinski definition) is 2. The monoisotopic (exact) mass is 297 g/mol. The Morgan fingerprint density at radius 2 is 2.14 bits per heavy atom. The van der Waals surface area contributed by atoms with Gasteiger partial charge in [-0.25, -0.2) is 4.85 Å². The molecule has 3 aliphatic rings. The van der Waals surface area contributed by atoms with E-state index in [2.05, 4.69) is 18.0 Å². The molecule has 3 aliphatic carbocycles. The van der Waals surface area contributed by atoms with Gasteiger partial charge in [0.2, 0.25) is 0 Å². The molecule has 0 saturated heterocycles. The van der Waals surface area contributed by atoms with Gasteiger partial charge in [0, 0.05) is 18.7 Å². The molecule has 0 bridgehead atoms. The maximum absolute atomic E-state index is 10.9. The van der Waals surface area contributed by atoms with Crippen LogP contribution >= 0.6 is 0 Å². The molecule has 0 amide bonds. The average molecular weight is 297 g/mol. The highest BCUT2D eigenvalue weighted by molar-refractivity contribution is 5.43. The lowest BCUT2D eigenvalue weighted by Crippen LogP contribution is -2.54. The molecule has 1 aromatic rings.